The predicted octanol–water partition coefficient (Wildman–Crippen LogP) is 8.75. The molecule has 278 valence electrons. The Morgan fingerprint density at radius 1 is 0.500 bits per heavy atom. The first-order chi connectivity index (χ1) is 26.8. The van der Waals surface area contributed by atoms with Gasteiger partial charge in [-0.2, -0.15) is 0 Å². The molecule has 9 heterocycles. The van der Waals surface area contributed by atoms with E-state index in [0.29, 0.717) is 0 Å². The fraction of sp³-hybridized carbons (Fsp3) is 0.182. The fourth-order valence-corrected chi connectivity index (χ4v) is 10.8. The molecule has 3 aliphatic rings. The third kappa shape index (κ3) is 5.85. The van der Waals surface area contributed by atoms with Crippen LogP contribution in [0, 0.1) is 27.7 Å². The van der Waals surface area contributed by atoms with Crippen molar-refractivity contribution < 1.29 is 0 Å². The Kier molecular flexibility index (Phi) is 9.07. The molecule has 12 heteroatoms. The number of hydrogen-bond donors (Lipinski definition) is 2. The zero-order valence-electron chi connectivity index (χ0n) is 30.7. The highest BCUT2D eigenvalue weighted by Crippen LogP contribution is 2.59. The lowest BCUT2D eigenvalue weighted by Crippen LogP contribution is -2.46. The fourth-order valence-electron chi connectivity index (χ4n) is 7.92. The van der Waals surface area contributed by atoms with Crippen molar-refractivity contribution in [2.45, 2.75) is 45.2 Å². The number of rotatable bonds is 4. The maximum Gasteiger partial charge on any atom is 0.159 e. The molecule has 8 nitrogen and oxygen atoms in total. The summed E-state index contributed by atoms with van der Waals surface area (Å²) in [6, 6.07) is 25.1. The van der Waals surface area contributed by atoms with Crippen LogP contribution in [0.4, 0.5) is 0 Å². The van der Waals surface area contributed by atoms with Crippen LogP contribution in [-0.2, 0) is 8.65 Å². The second-order valence-electron chi connectivity index (χ2n) is 14.4. The summed E-state index contributed by atoms with van der Waals surface area (Å²) in [6.45, 7) is 8.01. The molecule has 4 atom stereocenters. The summed E-state index contributed by atoms with van der Waals surface area (Å²) >= 11 is 17.1. The molecule has 6 aromatic heterocycles. The van der Waals surface area contributed by atoms with Crippen LogP contribution in [0.3, 0.4) is 0 Å². The number of nitrogens with zero attached hydrogens (tertiary/aromatic N) is 6. The summed E-state index contributed by atoms with van der Waals surface area (Å²) in [5.74, 6) is 0. The van der Waals surface area contributed by atoms with E-state index < -0.39 is 17.5 Å². The zero-order valence-corrected chi connectivity index (χ0v) is 37.1. The minimum atomic E-state index is -1.03. The van der Waals surface area contributed by atoms with Crippen molar-refractivity contribution in [3.05, 3.63) is 189 Å². The Morgan fingerprint density at radius 2 is 1.02 bits per heavy atom. The molecule has 0 amide bonds. The quantitative estimate of drug-likeness (QED) is 0.136. The lowest BCUT2D eigenvalue weighted by molar-refractivity contribution is 0.606. The molecular weight excluding hydrogens is 960 g/mol. The van der Waals surface area contributed by atoms with Crippen molar-refractivity contribution in [2.24, 2.45) is 9.98 Å². The lowest BCUT2D eigenvalue weighted by Gasteiger charge is -2.40. The summed E-state index contributed by atoms with van der Waals surface area (Å²) in [4.78, 5) is 37.1. The number of hydrogen-bond acceptors (Lipinski definition) is 6. The highest BCUT2D eigenvalue weighted by Gasteiger charge is 2.58. The van der Waals surface area contributed by atoms with Crippen LogP contribution in [0.5, 0.6) is 0 Å². The van der Waals surface area contributed by atoms with E-state index in [0.717, 1.165) is 89.7 Å². The molecule has 6 aromatic rings. The highest BCUT2D eigenvalue weighted by molar-refractivity contribution is 9.13. The second kappa shape index (κ2) is 13.6. The van der Waals surface area contributed by atoms with Gasteiger partial charge in [0.05, 0.1) is 11.4 Å². The molecule has 56 heavy (non-hydrogen) atoms. The third-order valence-corrected chi connectivity index (χ3v) is 16.7. The molecule has 0 aliphatic carbocycles. The van der Waals surface area contributed by atoms with Crippen molar-refractivity contribution in [2.75, 3.05) is 0 Å². The molecule has 0 saturated heterocycles. The summed E-state index contributed by atoms with van der Waals surface area (Å²) in [7, 11) is 0. The Labute approximate surface area is 357 Å². The number of fused-ring (bicyclic) bond motifs is 6. The van der Waals surface area contributed by atoms with Gasteiger partial charge in [-0.15, -0.1) is 0 Å². The van der Waals surface area contributed by atoms with E-state index in [1.54, 1.807) is 0 Å². The maximum atomic E-state index is 5.65. The SMILES string of the molecule is Cc1cc(C2=c3ccc([nH]3)=C(c3ccnc(C)c3)c3ccc([nH]3)C(Br)(c3ccnc(C)c3)C3(Br)C=CC(=N3)C(Br)(c3ccnc(C)c3)C3(Br)C=CC2=N3)ccn1. The van der Waals surface area contributed by atoms with Crippen LogP contribution in [0.1, 0.15) is 56.4 Å². The van der Waals surface area contributed by atoms with Gasteiger partial charge in [0.2, 0.25) is 0 Å². The molecule has 8 bridgehead atoms. The average Bonchev–Trinajstić information content (AvgIpc) is 4.00. The van der Waals surface area contributed by atoms with Crippen LogP contribution in [0.25, 0.3) is 11.1 Å². The van der Waals surface area contributed by atoms with Crippen LogP contribution in [0.2, 0.25) is 0 Å². The first-order valence-electron chi connectivity index (χ1n) is 18.0. The molecule has 4 unspecified atom stereocenters. The molecule has 2 N–H and O–H groups in total. The van der Waals surface area contributed by atoms with E-state index in [2.05, 4.69) is 166 Å². The number of nitrogens with one attached hydrogen (secondary N) is 2. The summed E-state index contributed by atoms with van der Waals surface area (Å²) < 4.78 is -4.00. The van der Waals surface area contributed by atoms with E-state index in [4.69, 9.17) is 9.98 Å². The minimum Gasteiger partial charge on any atom is -0.357 e. The van der Waals surface area contributed by atoms with E-state index in [1.165, 1.54) is 0 Å². The zero-order chi connectivity index (χ0) is 39.0. The number of aryl methyl sites for hydroxylation is 4. The number of aromatic amines is 2. The van der Waals surface area contributed by atoms with Crippen molar-refractivity contribution in [3.8, 4) is 0 Å². The summed E-state index contributed by atoms with van der Waals surface area (Å²) in [5, 5.41) is 1.84. The first-order valence-corrected chi connectivity index (χ1v) is 21.2. The highest BCUT2D eigenvalue weighted by atomic mass is 79.9. The lowest BCUT2D eigenvalue weighted by atomic mass is 9.87. The van der Waals surface area contributed by atoms with Gasteiger partial charge in [0, 0.05) is 80.8 Å². The monoisotopic (exact) mass is 990 g/mol. The van der Waals surface area contributed by atoms with Crippen LogP contribution >= 0.6 is 63.7 Å². The molecule has 3 aliphatic heterocycles. The smallest absolute Gasteiger partial charge is 0.159 e. The van der Waals surface area contributed by atoms with Gasteiger partial charge in [-0.1, -0.05) is 63.7 Å². The number of pyridine rings is 4. The van der Waals surface area contributed by atoms with E-state index >= 15 is 0 Å². The van der Waals surface area contributed by atoms with E-state index in [9.17, 15) is 0 Å². The van der Waals surface area contributed by atoms with Crippen LogP contribution in [-0.4, -0.2) is 50.2 Å². The van der Waals surface area contributed by atoms with Crippen molar-refractivity contribution in [1.29, 1.82) is 0 Å². The topological polar surface area (TPSA) is 108 Å². The van der Waals surface area contributed by atoms with E-state index in [-0.39, 0.29) is 0 Å². The Bertz CT molecular complexity index is 2850. The molecule has 0 fully saturated rings. The van der Waals surface area contributed by atoms with Crippen molar-refractivity contribution >= 4 is 86.3 Å². The van der Waals surface area contributed by atoms with Gasteiger partial charge in [-0.25, -0.2) is 0 Å². The molecule has 0 spiro atoms. The van der Waals surface area contributed by atoms with Gasteiger partial charge in [-0.3, -0.25) is 29.9 Å². The molecule has 0 saturated carbocycles. The Hall–Kier alpha value is -4.36. The van der Waals surface area contributed by atoms with Crippen molar-refractivity contribution in [1.82, 2.24) is 29.9 Å². The standard InChI is InChI=1S/C44H34Br4N8/c1-25-21-29(11-17-49-25)39-33-5-6-34(53-33)40(30-12-18-50-26(2)22-30)36-9-15-41(45,55-36)44(48,32-14-20-52-28(4)24-32)38-10-16-42(46,56-38)43(47,37-8-7-35(39)54-37)31-13-19-51-27(3)23-31/h5-24,53-54H,1-4H3. The van der Waals surface area contributed by atoms with Gasteiger partial charge in [-0.05, 0) is 147 Å². The molecule has 0 radical (unpaired) electrons. The average molecular weight is 994 g/mol. The number of aliphatic imine (C=N–C) groups is 2. The van der Waals surface area contributed by atoms with Gasteiger partial charge >= 0.3 is 0 Å². The normalized spacial score (nSPS) is 25.4. The maximum absolute atomic E-state index is 5.65. The van der Waals surface area contributed by atoms with Gasteiger partial charge < -0.3 is 9.97 Å². The summed E-state index contributed by atoms with van der Waals surface area (Å²) in [6.07, 6.45) is 15.8. The van der Waals surface area contributed by atoms with Gasteiger partial charge in [0.15, 0.2) is 8.90 Å². The molecular formula is C44H34Br4N8. The number of allylic oxidation sites excluding steroid dienone is 2. The largest absolute Gasteiger partial charge is 0.357 e. The summed E-state index contributed by atoms with van der Waals surface area (Å²) in [5.41, 5.74) is 12.8. The molecule has 9 rings (SSSR count). The third-order valence-electron chi connectivity index (χ3n) is 10.6. The number of halogens is 4. The minimum absolute atomic E-state index is 0.753. The van der Waals surface area contributed by atoms with E-state index in [1.807, 2.05) is 76.7 Å². The molecule has 0 aromatic carbocycles. The number of H-pyrrole nitrogens is 2. The number of aromatic nitrogens is 6. The van der Waals surface area contributed by atoms with Crippen molar-refractivity contribution in [3.63, 3.8) is 0 Å². The van der Waals surface area contributed by atoms with Gasteiger partial charge in [0.1, 0.15) is 8.65 Å². The second-order valence-corrected chi connectivity index (χ2v) is 19.2. The van der Waals surface area contributed by atoms with Gasteiger partial charge in [0.25, 0.3) is 0 Å². The van der Waals surface area contributed by atoms with Crippen LogP contribution < -0.4 is 10.7 Å². The van der Waals surface area contributed by atoms with Crippen LogP contribution in [0.15, 0.2) is 132 Å². The Balaban J connectivity index is 1.44. The number of alkyl halides is 4. The predicted molar refractivity (Wildman–Crippen MR) is 238 cm³/mol. The Morgan fingerprint density at radius 3 is 1.62 bits per heavy atom. The first kappa shape index (κ1) is 37.2.